The van der Waals surface area contributed by atoms with Crippen LogP contribution in [0.15, 0.2) is 55.1 Å². The van der Waals surface area contributed by atoms with E-state index in [1.165, 1.54) is 0 Å². The monoisotopic (exact) mass is 272 g/mol. The summed E-state index contributed by atoms with van der Waals surface area (Å²) in [5.74, 6) is 0.873. The smallest absolute Gasteiger partial charge is 0.310 e. The first-order valence-corrected chi connectivity index (χ1v) is 7.10. The first-order valence-electron chi connectivity index (χ1n) is 7.10. The fourth-order valence-corrected chi connectivity index (χ4v) is 1.78. The van der Waals surface area contributed by atoms with Crippen LogP contribution in [0.4, 0.5) is 0 Å². The van der Waals surface area contributed by atoms with Gasteiger partial charge >= 0.3 is 5.97 Å². The minimum atomic E-state index is -0.187. The molecule has 2 atom stereocenters. The quantitative estimate of drug-likeness (QED) is 0.524. The van der Waals surface area contributed by atoms with Crippen molar-refractivity contribution in [1.82, 2.24) is 0 Å². The highest BCUT2D eigenvalue weighted by molar-refractivity contribution is 5.72. The predicted octanol–water partition coefficient (Wildman–Crippen LogP) is 4.18. The van der Waals surface area contributed by atoms with Crippen LogP contribution in [0.5, 0.6) is 0 Å². The van der Waals surface area contributed by atoms with Gasteiger partial charge in [0.2, 0.25) is 0 Å². The van der Waals surface area contributed by atoms with Crippen molar-refractivity contribution >= 4 is 5.97 Å². The standard InChI is InChI=1S/C18H24O2/c1-4-15(2)16(3)10-8-9-13-20-18(19)14-17-11-6-5-7-12-17/h4-9,11-12,15-16H,1,10,13-14H2,2-3H3/b9-8+. The van der Waals surface area contributed by atoms with Gasteiger partial charge < -0.3 is 4.74 Å². The highest BCUT2D eigenvalue weighted by Gasteiger charge is 2.06. The second kappa shape index (κ2) is 9.13. The van der Waals surface area contributed by atoms with Crippen LogP contribution in [0.2, 0.25) is 0 Å². The van der Waals surface area contributed by atoms with Gasteiger partial charge in [0.15, 0.2) is 0 Å². The summed E-state index contributed by atoms with van der Waals surface area (Å²) in [6.45, 7) is 8.49. The second-order valence-electron chi connectivity index (χ2n) is 5.12. The summed E-state index contributed by atoms with van der Waals surface area (Å²) in [4.78, 5) is 11.6. The van der Waals surface area contributed by atoms with Crippen LogP contribution in [0.1, 0.15) is 25.8 Å². The fourth-order valence-electron chi connectivity index (χ4n) is 1.78. The molecule has 0 amide bonds. The van der Waals surface area contributed by atoms with Gasteiger partial charge in [0.25, 0.3) is 0 Å². The predicted molar refractivity (Wildman–Crippen MR) is 83.4 cm³/mol. The van der Waals surface area contributed by atoms with E-state index in [0.717, 1.165) is 12.0 Å². The summed E-state index contributed by atoms with van der Waals surface area (Å²) < 4.78 is 5.17. The molecule has 0 saturated heterocycles. The summed E-state index contributed by atoms with van der Waals surface area (Å²) in [6.07, 6.45) is 7.26. The third kappa shape index (κ3) is 6.37. The zero-order valence-electron chi connectivity index (χ0n) is 12.4. The van der Waals surface area contributed by atoms with Gasteiger partial charge in [-0.05, 0) is 23.8 Å². The highest BCUT2D eigenvalue weighted by atomic mass is 16.5. The van der Waals surface area contributed by atoms with Crippen molar-refractivity contribution in [3.63, 3.8) is 0 Å². The van der Waals surface area contributed by atoms with Crippen molar-refractivity contribution in [3.05, 3.63) is 60.7 Å². The molecule has 0 bridgehead atoms. The third-order valence-electron chi connectivity index (χ3n) is 3.48. The molecule has 108 valence electrons. The molecule has 2 nitrogen and oxygen atoms in total. The van der Waals surface area contributed by atoms with Gasteiger partial charge in [-0.3, -0.25) is 4.79 Å². The molecule has 20 heavy (non-hydrogen) atoms. The number of hydrogen-bond donors (Lipinski definition) is 0. The Hall–Kier alpha value is -1.83. The van der Waals surface area contributed by atoms with Crippen molar-refractivity contribution in [2.75, 3.05) is 6.61 Å². The SMILES string of the molecule is C=CC(C)C(C)C/C=C/COC(=O)Cc1ccccc1. The molecule has 0 aromatic heterocycles. The van der Waals surface area contributed by atoms with Gasteiger partial charge in [0.1, 0.15) is 6.61 Å². The fraction of sp³-hybridized carbons (Fsp3) is 0.389. The maximum Gasteiger partial charge on any atom is 0.310 e. The largest absolute Gasteiger partial charge is 0.461 e. The van der Waals surface area contributed by atoms with Crippen molar-refractivity contribution in [3.8, 4) is 0 Å². The van der Waals surface area contributed by atoms with Gasteiger partial charge in [-0.1, -0.05) is 62.4 Å². The Labute approximate surface area is 122 Å². The third-order valence-corrected chi connectivity index (χ3v) is 3.48. The van der Waals surface area contributed by atoms with Crippen LogP contribution in [0.25, 0.3) is 0 Å². The lowest BCUT2D eigenvalue weighted by Gasteiger charge is -2.13. The summed E-state index contributed by atoms with van der Waals surface area (Å²) >= 11 is 0. The average Bonchev–Trinajstić information content (AvgIpc) is 2.46. The second-order valence-corrected chi connectivity index (χ2v) is 5.12. The molecular formula is C18H24O2. The van der Waals surface area contributed by atoms with Crippen LogP contribution in [-0.4, -0.2) is 12.6 Å². The minimum absolute atomic E-state index is 0.187. The molecule has 0 aliphatic rings. The molecule has 0 fully saturated rings. The van der Waals surface area contributed by atoms with Crippen LogP contribution in [0, 0.1) is 11.8 Å². The summed E-state index contributed by atoms with van der Waals surface area (Å²) in [6, 6.07) is 9.63. The number of benzene rings is 1. The summed E-state index contributed by atoms with van der Waals surface area (Å²) in [5, 5.41) is 0. The van der Waals surface area contributed by atoms with Crippen LogP contribution in [0.3, 0.4) is 0 Å². The molecule has 1 rings (SSSR count). The number of allylic oxidation sites excluding steroid dienone is 2. The molecule has 0 aliphatic carbocycles. The zero-order chi connectivity index (χ0) is 14.8. The van der Waals surface area contributed by atoms with Gasteiger partial charge in [0, 0.05) is 0 Å². The van der Waals surface area contributed by atoms with Crippen LogP contribution in [-0.2, 0) is 16.0 Å². The maximum atomic E-state index is 11.6. The maximum absolute atomic E-state index is 11.6. The normalized spacial score (nSPS) is 13.9. The number of esters is 1. The Bertz CT molecular complexity index is 434. The molecule has 0 saturated carbocycles. The topological polar surface area (TPSA) is 26.3 Å². The van der Waals surface area contributed by atoms with Crippen molar-refractivity contribution in [1.29, 1.82) is 0 Å². The first-order chi connectivity index (χ1) is 9.63. The Kier molecular flexibility index (Phi) is 7.41. The number of rotatable bonds is 8. The summed E-state index contributed by atoms with van der Waals surface area (Å²) in [7, 11) is 0. The van der Waals surface area contributed by atoms with E-state index < -0.39 is 0 Å². The first kappa shape index (κ1) is 16.2. The van der Waals surface area contributed by atoms with Crippen LogP contribution >= 0.6 is 0 Å². The van der Waals surface area contributed by atoms with E-state index in [1.54, 1.807) is 0 Å². The van der Waals surface area contributed by atoms with Crippen LogP contribution < -0.4 is 0 Å². The van der Waals surface area contributed by atoms with E-state index in [-0.39, 0.29) is 5.97 Å². The van der Waals surface area contributed by atoms with Gasteiger partial charge in [-0.25, -0.2) is 0 Å². The summed E-state index contributed by atoms with van der Waals surface area (Å²) in [5.41, 5.74) is 0.981. The lowest BCUT2D eigenvalue weighted by molar-refractivity contribution is -0.141. The molecule has 2 heteroatoms. The van der Waals surface area contributed by atoms with Gasteiger partial charge in [-0.2, -0.15) is 0 Å². The Morgan fingerprint density at radius 2 is 1.95 bits per heavy atom. The average molecular weight is 272 g/mol. The molecular weight excluding hydrogens is 248 g/mol. The van der Waals surface area contributed by atoms with E-state index in [0.29, 0.717) is 24.9 Å². The van der Waals surface area contributed by atoms with E-state index in [4.69, 9.17) is 4.74 Å². The number of hydrogen-bond acceptors (Lipinski definition) is 2. The van der Waals surface area contributed by atoms with E-state index in [2.05, 4.69) is 26.5 Å². The lowest BCUT2D eigenvalue weighted by atomic mass is 9.93. The Morgan fingerprint density at radius 1 is 1.25 bits per heavy atom. The molecule has 0 heterocycles. The lowest BCUT2D eigenvalue weighted by Crippen LogP contribution is -2.08. The molecule has 1 aromatic rings. The van der Waals surface area contributed by atoms with Crippen molar-refractivity contribution < 1.29 is 9.53 Å². The zero-order valence-corrected chi connectivity index (χ0v) is 12.4. The number of carbonyl (C=O) groups excluding carboxylic acids is 1. The molecule has 1 aromatic carbocycles. The van der Waals surface area contributed by atoms with Gasteiger partial charge in [0.05, 0.1) is 6.42 Å². The molecule has 0 radical (unpaired) electrons. The number of ether oxygens (including phenoxy) is 1. The molecule has 0 spiro atoms. The Balaban J connectivity index is 2.20. The van der Waals surface area contributed by atoms with E-state index >= 15 is 0 Å². The minimum Gasteiger partial charge on any atom is -0.461 e. The molecule has 2 unspecified atom stereocenters. The molecule has 0 N–H and O–H groups in total. The highest BCUT2D eigenvalue weighted by Crippen LogP contribution is 2.15. The van der Waals surface area contributed by atoms with Crippen molar-refractivity contribution in [2.45, 2.75) is 26.7 Å². The van der Waals surface area contributed by atoms with E-state index in [9.17, 15) is 4.79 Å². The molecule has 0 aliphatic heterocycles. The number of carbonyl (C=O) groups is 1. The van der Waals surface area contributed by atoms with Gasteiger partial charge in [-0.15, -0.1) is 6.58 Å². The van der Waals surface area contributed by atoms with E-state index in [1.807, 2.05) is 42.5 Å². The van der Waals surface area contributed by atoms with Crippen molar-refractivity contribution in [2.24, 2.45) is 11.8 Å². The Morgan fingerprint density at radius 3 is 2.60 bits per heavy atom.